The molecule has 9 nitrogen and oxygen atoms in total. The number of halogens is 1. The maximum atomic E-state index is 13.0. The number of aromatic carboxylic acids is 1. The van der Waals surface area contributed by atoms with Gasteiger partial charge in [0.05, 0.1) is 42.6 Å². The summed E-state index contributed by atoms with van der Waals surface area (Å²) < 4.78 is 21.1. The highest BCUT2D eigenvalue weighted by Crippen LogP contribution is 2.43. The summed E-state index contributed by atoms with van der Waals surface area (Å²) in [4.78, 5) is 13.0. The van der Waals surface area contributed by atoms with Crippen molar-refractivity contribution in [3.05, 3.63) is 99.8 Å². The van der Waals surface area contributed by atoms with E-state index in [0.29, 0.717) is 30.2 Å². The number of benzene rings is 3. The lowest BCUT2D eigenvalue weighted by molar-refractivity contribution is 0.0684. The van der Waals surface area contributed by atoms with Crippen LogP contribution >= 0.6 is 11.6 Å². The zero-order chi connectivity index (χ0) is 29.7. The SMILES string of the molecule is Cc1c2c(nn1C)COCc1nocc1Cn1c(C(=O)O)c(CCCOc3cccc4ccccc34)c3ccc(Cl)c-2c31. The minimum atomic E-state index is -1.02. The topological polar surface area (TPSA) is 105 Å². The predicted octanol–water partition coefficient (Wildman–Crippen LogP) is 6.93. The molecule has 0 spiro atoms. The molecule has 10 heteroatoms. The van der Waals surface area contributed by atoms with Crippen molar-refractivity contribution < 1.29 is 23.9 Å². The first-order valence-corrected chi connectivity index (χ1v) is 14.5. The monoisotopic (exact) mass is 596 g/mol. The second kappa shape index (κ2) is 10.9. The molecule has 0 aliphatic carbocycles. The van der Waals surface area contributed by atoms with E-state index in [1.54, 1.807) is 10.9 Å². The highest BCUT2D eigenvalue weighted by atomic mass is 35.5. The van der Waals surface area contributed by atoms with Crippen LogP contribution in [0.2, 0.25) is 5.02 Å². The Hall–Kier alpha value is -4.60. The highest BCUT2D eigenvalue weighted by Gasteiger charge is 2.30. The van der Waals surface area contributed by atoms with E-state index in [0.717, 1.165) is 61.1 Å². The van der Waals surface area contributed by atoms with Crippen molar-refractivity contribution in [2.45, 2.75) is 39.5 Å². The van der Waals surface area contributed by atoms with Crippen molar-refractivity contribution in [2.24, 2.45) is 7.05 Å². The van der Waals surface area contributed by atoms with Crippen molar-refractivity contribution in [3.63, 3.8) is 0 Å². The molecule has 1 aliphatic rings. The Labute approximate surface area is 252 Å². The second-order valence-electron chi connectivity index (χ2n) is 10.8. The third-order valence-corrected chi connectivity index (χ3v) is 8.56. The fraction of sp³-hybridized carbons (Fsp3) is 0.242. The van der Waals surface area contributed by atoms with Gasteiger partial charge in [-0.05, 0) is 42.8 Å². The summed E-state index contributed by atoms with van der Waals surface area (Å²) in [6.45, 7) is 3.08. The molecule has 0 saturated carbocycles. The van der Waals surface area contributed by atoms with Crippen LogP contribution in [-0.4, -0.2) is 37.2 Å². The number of rotatable bonds is 6. The summed E-state index contributed by atoms with van der Waals surface area (Å²) in [5.74, 6) is -0.209. The van der Waals surface area contributed by atoms with Crippen molar-refractivity contribution in [1.82, 2.24) is 19.5 Å². The minimum absolute atomic E-state index is 0.205. The molecule has 218 valence electrons. The van der Waals surface area contributed by atoms with Crippen molar-refractivity contribution in [1.29, 1.82) is 0 Å². The van der Waals surface area contributed by atoms with Crippen LogP contribution in [0.1, 0.15) is 45.1 Å². The van der Waals surface area contributed by atoms with Gasteiger partial charge >= 0.3 is 5.97 Å². The quantitative estimate of drug-likeness (QED) is 0.208. The van der Waals surface area contributed by atoms with Gasteiger partial charge in [-0.15, -0.1) is 0 Å². The summed E-state index contributed by atoms with van der Waals surface area (Å²) in [5, 5.41) is 23.0. The molecule has 0 saturated heterocycles. The molecule has 0 unspecified atom stereocenters. The van der Waals surface area contributed by atoms with Crippen LogP contribution in [-0.2, 0) is 38.0 Å². The largest absolute Gasteiger partial charge is 0.493 e. The minimum Gasteiger partial charge on any atom is -0.493 e. The summed E-state index contributed by atoms with van der Waals surface area (Å²) in [6, 6.07) is 17.8. The normalized spacial score (nSPS) is 13.1. The summed E-state index contributed by atoms with van der Waals surface area (Å²) in [7, 11) is 1.88. The molecule has 0 bridgehead atoms. The summed E-state index contributed by atoms with van der Waals surface area (Å²) >= 11 is 6.95. The standard InChI is InChI=1S/C33H29ClN4O5/c1-19-29-27(35-37(19)2)18-41-17-26-21(16-43-36-26)15-38-31-24(12-13-25(34)30(29)31)23(32(38)33(39)40)10-6-14-42-28-11-5-8-20-7-3-4-9-22(20)28/h3-5,7-9,11-13,16H,6,10,14-15,17-18H2,1-2H3,(H,39,40). The first-order valence-electron chi connectivity index (χ1n) is 14.1. The molecule has 0 atom stereocenters. The van der Waals surface area contributed by atoms with Crippen LogP contribution in [0, 0.1) is 6.92 Å². The molecule has 1 aliphatic heterocycles. The van der Waals surface area contributed by atoms with Crippen molar-refractivity contribution in [3.8, 4) is 16.9 Å². The maximum Gasteiger partial charge on any atom is 0.352 e. The zero-order valence-electron chi connectivity index (χ0n) is 23.8. The number of nitrogens with zero attached hydrogens (tertiary/aromatic N) is 4. The van der Waals surface area contributed by atoms with E-state index in [9.17, 15) is 9.90 Å². The average molecular weight is 597 g/mol. The molecule has 3 aromatic carbocycles. The van der Waals surface area contributed by atoms with Gasteiger partial charge in [-0.25, -0.2) is 4.79 Å². The van der Waals surface area contributed by atoms with Gasteiger partial charge in [-0.1, -0.05) is 59.2 Å². The Morgan fingerprint density at radius 3 is 2.72 bits per heavy atom. The number of carboxylic acids is 1. The molecule has 1 N–H and O–H groups in total. The van der Waals surface area contributed by atoms with Gasteiger partial charge in [0.1, 0.15) is 23.4 Å². The first-order chi connectivity index (χ1) is 20.9. The summed E-state index contributed by atoms with van der Waals surface area (Å²) in [5.41, 5.74) is 6.24. The van der Waals surface area contributed by atoms with Crippen LogP contribution in [0.15, 0.2) is 65.4 Å². The maximum absolute atomic E-state index is 13.0. The molecule has 0 fully saturated rings. The molecule has 0 amide bonds. The van der Waals surface area contributed by atoms with Gasteiger partial charge in [0.25, 0.3) is 0 Å². The molecular weight excluding hydrogens is 568 g/mol. The van der Waals surface area contributed by atoms with Crippen molar-refractivity contribution >= 4 is 39.2 Å². The van der Waals surface area contributed by atoms with Crippen LogP contribution in [0.25, 0.3) is 32.8 Å². The van der Waals surface area contributed by atoms with Gasteiger partial charge < -0.3 is 23.7 Å². The number of hydrogen-bond donors (Lipinski definition) is 1. The molecule has 7 rings (SSSR count). The molecule has 43 heavy (non-hydrogen) atoms. The number of ether oxygens (including phenoxy) is 2. The van der Waals surface area contributed by atoms with Gasteiger partial charge in [0.2, 0.25) is 0 Å². The van der Waals surface area contributed by atoms with E-state index in [1.165, 1.54) is 0 Å². The molecule has 6 aromatic rings. The van der Waals surface area contributed by atoms with E-state index in [-0.39, 0.29) is 25.5 Å². The molecule has 4 heterocycles. The Kier molecular flexibility index (Phi) is 6.91. The van der Waals surface area contributed by atoms with Crippen LogP contribution < -0.4 is 4.74 Å². The van der Waals surface area contributed by atoms with Crippen LogP contribution in [0.5, 0.6) is 5.75 Å². The predicted molar refractivity (Wildman–Crippen MR) is 163 cm³/mol. The lowest BCUT2D eigenvalue weighted by atomic mass is 9.98. The fourth-order valence-electron chi connectivity index (χ4n) is 6.18. The third-order valence-electron chi connectivity index (χ3n) is 8.25. The Morgan fingerprint density at radius 2 is 1.86 bits per heavy atom. The zero-order valence-corrected chi connectivity index (χ0v) is 24.5. The van der Waals surface area contributed by atoms with Crippen molar-refractivity contribution in [2.75, 3.05) is 6.61 Å². The molecule has 3 aromatic heterocycles. The number of fused-ring (bicyclic) bond motifs is 4. The van der Waals surface area contributed by atoms with E-state index in [1.807, 2.05) is 61.0 Å². The Balaban J connectivity index is 1.35. The number of hydrogen-bond acceptors (Lipinski definition) is 6. The second-order valence-corrected chi connectivity index (χ2v) is 11.2. The van der Waals surface area contributed by atoms with Gasteiger partial charge in [-0.3, -0.25) is 4.68 Å². The van der Waals surface area contributed by atoms with E-state index < -0.39 is 5.97 Å². The van der Waals surface area contributed by atoms with Crippen LogP contribution in [0.3, 0.4) is 0 Å². The van der Waals surface area contributed by atoms with Gasteiger partial charge in [0.15, 0.2) is 0 Å². The van der Waals surface area contributed by atoms with Gasteiger partial charge in [-0.2, -0.15) is 5.10 Å². The number of aromatic nitrogens is 4. The average Bonchev–Trinajstić information content (AvgIpc) is 3.65. The molecular formula is C33H29ClN4O5. The van der Waals surface area contributed by atoms with Crippen LogP contribution in [0.4, 0.5) is 0 Å². The van der Waals surface area contributed by atoms with Gasteiger partial charge in [0, 0.05) is 40.2 Å². The Morgan fingerprint density at radius 1 is 1.05 bits per heavy atom. The lowest BCUT2D eigenvalue weighted by Crippen LogP contribution is -2.13. The number of carbonyl (C=O) groups is 1. The van der Waals surface area contributed by atoms with E-state index >= 15 is 0 Å². The number of aryl methyl sites for hydroxylation is 2. The first kappa shape index (κ1) is 27.2. The van der Waals surface area contributed by atoms with E-state index in [4.69, 9.17) is 30.7 Å². The lowest BCUT2D eigenvalue weighted by Gasteiger charge is -2.13. The van der Waals surface area contributed by atoms with E-state index in [2.05, 4.69) is 17.3 Å². The summed E-state index contributed by atoms with van der Waals surface area (Å²) in [6.07, 6.45) is 2.66. The Bertz CT molecular complexity index is 2020. The highest BCUT2D eigenvalue weighted by molar-refractivity contribution is 6.35. The molecule has 0 radical (unpaired) electrons. The fourth-order valence-corrected chi connectivity index (χ4v) is 6.43. The number of carboxylic acid groups (broad SMARTS) is 1. The third kappa shape index (κ3) is 4.65. The smallest absolute Gasteiger partial charge is 0.352 e.